The number of Topliss-reactive ketones (excluding diaryl/α,β-unsaturated/α-hetero) is 1. The molecule has 0 atom stereocenters. The van der Waals surface area contributed by atoms with Crippen molar-refractivity contribution < 1.29 is 4.79 Å². The lowest BCUT2D eigenvalue weighted by Crippen LogP contribution is -2.31. The van der Waals surface area contributed by atoms with Crippen molar-refractivity contribution in [3.63, 3.8) is 0 Å². The summed E-state index contributed by atoms with van der Waals surface area (Å²) in [7, 11) is 0. The molecule has 3 nitrogen and oxygen atoms in total. The highest BCUT2D eigenvalue weighted by Gasteiger charge is 2.17. The van der Waals surface area contributed by atoms with E-state index in [9.17, 15) is 4.79 Å². The fourth-order valence-electron chi connectivity index (χ4n) is 2.39. The van der Waals surface area contributed by atoms with Gasteiger partial charge in [0.15, 0.2) is 5.78 Å². The van der Waals surface area contributed by atoms with Gasteiger partial charge in [-0.2, -0.15) is 0 Å². The van der Waals surface area contributed by atoms with E-state index in [1.165, 1.54) is 19.3 Å². The summed E-state index contributed by atoms with van der Waals surface area (Å²) in [4.78, 5) is 14.2. The highest BCUT2D eigenvalue weighted by Crippen LogP contribution is 2.25. The van der Waals surface area contributed by atoms with Crippen molar-refractivity contribution in [1.82, 2.24) is 0 Å². The zero-order valence-corrected chi connectivity index (χ0v) is 10.4. The maximum Gasteiger partial charge on any atom is 0.178 e. The predicted octanol–water partition coefficient (Wildman–Crippen LogP) is 2.13. The number of piperidine rings is 1. The molecular weight excluding hydrogens is 212 g/mol. The molecule has 92 valence electrons. The average molecular weight is 232 g/mol. The second-order valence-electron chi connectivity index (χ2n) is 4.70. The number of nitrogens with two attached hydrogens (primary N) is 1. The zero-order chi connectivity index (χ0) is 12.3. The third kappa shape index (κ3) is 2.67. The molecule has 0 bridgehead atoms. The molecule has 0 amide bonds. The van der Waals surface area contributed by atoms with Gasteiger partial charge in [0.1, 0.15) is 0 Å². The van der Waals surface area contributed by atoms with E-state index in [2.05, 4.69) is 17.0 Å². The van der Waals surface area contributed by atoms with Crippen molar-refractivity contribution in [3.05, 3.63) is 29.3 Å². The van der Waals surface area contributed by atoms with Gasteiger partial charge in [0, 0.05) is 24.3 Å². The third-order valence-electron chi connectivity index (χ3n) is 3.33. The molecule has 1 aromatic rings. The van der Waals surface area contributed by atoms with Crippen LogP contribution < -0.4 is 10.6 Å². The van der Waals surface area contributed by atoms with Gasteiger partial charge in [-0.1, -0.05) is 11.6 Å². The van der Waals surface area contributed by atoms with Gasteiger partial charge in [-0.05, 0) is 38.3 Å². The molecule has 0 spiro atoms. The van der Waals surface area contributed by atoms with Crippen LogP contribution in [0.15, 0.2) is 18.2 Å². The Balaban J connectivity index is 2.34. The minimum Gasteiger partial charge on any atom is -0.371 e. The molecule has 1 aliphatic heterocycles. The summed E-state index contributed by atoms with van der Waals surface area (Å²) < 4.78 is 0. The Hall–Kier alpha value is -1.35. The largest absolute Gasteiger partial charge is 0.371 e. The third-order valence-corrected chi connectivity index (χ3v) is 3.33. The van der Waals surface area contributed by atoms with E-state index in [1.807, 2.05) is 13.0 Å². The number of carbonyl (C=O) groups is 1. The van der Waals surface area contributed by atoms with Gasteiger partial charge >= 0.3 is 0 Å². The van der Waals surface area contributed by atoms with E-state index in [1.54, 1.807) is 0 Å². The first-order valence-electron chi connectivity index (χ1n) is 6.31. The molecule has 0 radical (unpaired) electrons. The minimum absolute atomic E-state index is 0.0364. The molecule has 2 N–H and O–H groups in total. The van der Waals surface area contributed by atoms with E-state index in [0.29, 0.717) is 0 Å². The molecule has 1 heterocycles. The molecule has 1 aliphatic rings. The Kier molecular flexibility index (Phi) is 3.79. The minimum atomic E-state index is 0.0364. The Morgan fingerprint density at radius 2 is 2.00 bits per heavy atom. The van der Waals surface area contributed by atoms with E-state index in [-0.39, 0.29) is 12.3 Å². The molecule has 17 heavy (non-hydrogen) atoms. The molecule has 1 saturated heterocycles. The number of nitrogens with zero attached hydrogens (tertiary/aromatic N) is 1. The lowest BCUT2D eigenvalue weighted by atomic mass is 10.0. The highest BCUT2D eigenvalue weighted by molar-refractivity contribution is 6.02. The van der Waals surface area contributed by atoms with Gasteiger partial charge in [0.2, 0.25) is 0 Å². The Labute approximate surface area is 103 Å². The number of carbonyl (C=O) groups excluding carboxylic acids is 1. The first kappa shape index (κ1) is 12.1. The molecule has 1 fully saturated rings. The summed E-state index contributed by atoms with van der Waals surface area (Å²) in [6, 6.07) is 6.08. The second-order valence-corrected chi connectivity index (χ2v) is 4.70. The van der Waals surface area contributed by atoms with Gasteiger partial charge in [0.05, 0.1) is 6.54 Å². The van der Waals surface area contributed by atoms with Crippen molar-refractivity contribution in [3.8, 4) is 0 Å². The second kappa shape index (κ2) is 5.32. The van der Waals surface area contributed by atoms with Crippen molar-refractivity contribution in [1.29, 1.82) is 0 Å². The van der Waals surface area contributed by atoms with Crippen molar-refractivity contribution in [2.45, 2.75) is 26.2 Å². The van der Waals surface area contributed by atoms with E-state index in [4.69, 9.17) is 5.73 Å². The molecule has 3 heteroatoms. The number of hydrogen-bond acceptors (Lipinski definition) is 3. The monoisotopic (exact) mass is 232 g/mol. The Morgan fingerprint density at radius 1 is 1.29 bits per heavy atom. The number of ketones is 1. The molecule has 0 unspecified atom stereocenters. The smallest absolute Gasteiger partial charge is 0.178 e. The summed E-state index contributed by atoms with van der Waals surface area (Å²) in [5.74, 6) is 0.0364. The van der Waals surface area contributed by atoms with Gasteiger partial charge in [-0.25, -0.2) is 0 Å². The van der Waals surface area contributed by atoms with Crippen LogP contribution in [-0.4, -0.2) is 25.4 Å². The number of aryl methyl sites for hydroxylation is 1. The quantitative estimate of drug-likeness (QED) is 0.812. The first-order chi connectivity index (χ1) is 8.22. The number of hydrogen-bond donors (Lipinski definition) is 1. The fraction of sp³-hybridized carbons (Fsp3) is 0.500. The summed E-state index contributed by atoms with van der Waals surface area (Å²) in [5, 5.41) is 0. The van der Waals surface area contributed by atoms with Crippen molar-refractivity contribution >= 4 is 11.5 Å². The topological polar surface area (TPSA) is 46.3 Å². The Morgan fingerprint density at radius 3 is 2.65 bits per heavy atom. The summed E-state index contributed by atoms with van der Waals surface area (Å²) in [6.45, 7) is 4.19. The molecule has 0 aromatic heterocycles. The number of benzene rings is 1. The maximum absolute atomic E-state index is 11.9. The van der Waals surface area contributed by atoms with Crippen LogP contribution in [0.4, 0.5) is 5.69 Å². The van der Waals surface area contributed by atoms with E-state index < -0.39 is 0 Å². The molecule has 0 saturated carbocycles. The lowest BCUT2D eigenvalue weighted by molar-refractivity contribution is 0.100. The number of rotatable bonds is 3. The Bertz CT molecular complexity index is 409. The van der Waals surface area contributed by atoms with Gasteiger partial charge in [-0.15, -0.1) is 0 Å². The zero-order valence-electron chi connectivity index (χ0n) is 10.4. The summed E-state index contributed by atoms with van der Waals surface area (Å²) >= 11 is 0. The van der Waals surface area contributed by atoms with Crippen LogP contribution in [0.25, 0.3) is 0 Å². The molecule has 1 aromatic carbocycles. The molecular formula is C14H20N2O. The van der Waals surface area contributed by atoms with E-state index >= 15 is 0 Å². The van der Waals surface area contributed by atoms with Crippen molar-refractivity contribution in [2.75, 3.05) is 24.5 Å². The maximum atomic E-state index is 11.9. The van der Waals surface area contributed by atoms with Gasteiger partial charge in [0.25, 0.3) is 0 Å². The normalized spacial score (nSPS) is 16.0. The van der Waals surface area contributed by atoms with Crippen LogP contribution in [0.5, 0.6) is 0 Å². The van der Waals surface area contributed by atoms with Crippen LogP contribution in [-0.2, 0) is 0 Å². The fourth-order valence-corrected chi connectivity index (χ4v) is 2.39. The van der Waals surface area contributed by atoms with Crippen LogP contribution in [0, 0.1) is 6.92 Å². The number of anilines is 1. The van der Waals surface area contributed by atoms with Crippen molar-refractivity contribution in [2.24, 2.45) is 5.73 Å². The SMILES string of the molecule is Cc1ccc(N2CCCCC2)c(C(=O)CN)c1. The van der Waals surface area contributed by atoms with Crippen LogP contribution >= 0.6 is 0 Å². The van der Waals surface area contributed by atoms with Crippen LogP contribution in [0.1, 0.15) is 35.2 Å². The summed E-state index contributed by atoms with van der Waals surface area (Å²) in [5.41, 5.74) is 8.45. The standard InChI is InChI=1S/C14H20N2O/c1-11-5-6-13(12(9-11)14(17)10-15)16-7-3-2-4-8-16/h5-6,9H,2-4,7-8,10,15H2,1H3. The first-order valence-corrected chi connectivity index (χ1v) is 6.31. The summed E-state index contributed by atoms with van der Waals surface area (Å²) in [6.07, 6.45) is 3.72. The van der Waals surface area contributed by atoms with E-state index in [0.717, 1.165) is 29.9 Å². The lowest BCUT2D eigenvalue weighted by Gasteiger charge is -2.30. The van der Waals surface area contributed by atoms with Gasteiger partial charge in [-0.3, -0.25) is 4.79 Å². The predicted molar refractivity (Wildman–Crippen MR) is 70.6 cm³/mol. The van der Waals surface area contributed by atoms with Crippen LogP contribution in [0.2, 0.25) is 0 Å². The van der Waals surface area contributed by atoms with Crippen LogP contribution in [0.3, 0.4) is 0 Å². The van der Waals surface area contributed by atoms with Gasteiger partial charge < -0.3 is 10.6 Å². The molecule has 2 rings (SSSR count). The highest BCUT2D eigenvalue weighted by atomic mass is 16.1. The molecule has 0 aliphatic carbocycles. The average Bonchev–Trinajstić information content (AvgIpc) is 2.38.